The number of aromatic hydroxyl groups is 1. The smallest absolute Gasteiger partial charge is 0.504 e. The van der Waals surface area contributed by atoms with Gasteiger partial charge in [-0.15, -0.1) is 0 Å². The summed E-state index contributed by atoms with van der Waals surface area (Å²) in [7, 11) is -4.06. The number of benzene rings is 2. The Morgan fingerprint density at radius 3 is 2.58 bits per heavy atom. The van der Waals surface area contributed by atoms with Gasteiger partial charge in [0.15, 0.2) is 28.4 Å². The second-order valence-corrected chi connectivity index (χ2v) is 7.17. The molecule has 9 nitrogen and oxygen atoms in total. The summed E-state index contributed by atoms with van der Waals surface area (Å²) >= 11 is 0. The molecule has 0 radical (unpaired) electrons. The van der Waals surface area contributed by atoms with E-state index < -0.39 is 13.4 Å². The highest BCUT2D eigenvalue weighted by atomic mass is 31.2. The average Bonchev–Trinajstić information content (AvgIpc) is 3.13. The second kappa shape index (κ2) is 4.20. The van der Waals surface area contributed by atoms with Crippen molar-refractivity contribution in [3.8, 4) is 34.5 Å². The Hall–Kier alpha value is -3.45. The molecule has 26 heavy (non-hydrogen) atoms. The molecule has 2 aliphatic heterocycles. The van der Waals surface area contributed by atoms with Gasteiger partial charge >= 0.3 is 13.4 Å². The Bertz CT molecular complexity index is 1350. The minimum Gasteiger partial charge on any atom is -0.504 e. The summed E-state index contributed by atoms with van der Waals surface area (Å²) in [6.07, 6.45) is 0. The van der Waals surface area contributed by atoms with E-state index in [0.29, 0.717) is 11.1 Å². The molecular formula is C16H6NO8P. The van der Waals surface area contributed by atoms with Crippen LogP contribution in [0.4, 0.5) is 0 Å². The fraction of sp³-hybridized carbons (Fsp3) is 0. The molecule has 0 saturated heterocycles. The van der Waals surface area contributed by atoms with Gasteiger partial charge in [0.1, 0.15) is 16.5 Å². The summed E-state index contributed by atoms with van der Waals surface area (Å²) in [5, 5.41) is 10.2. The Morgan fingerprint density at radius 2 is 1.73 bits per heavy atom. The van der Waals surface area contributed by atoms with E-state index in [1.165, 1.54) is 6.07 Å². The first-order valence-electron chi connectivity index (χ1n) is 7.44. The number of fused-ring (bicyclic) bond motifs is 2. The molecule has 6 rings (SSSR count). The molecule has 1 atom stereocenters. The molecular weight excluding hydrogens is 365 g/mol. The number of phenolic OH excluding ortho intramolecular Hbond substituents is 1. The van der Waals surface area contributed by atoms with Crippen LogP contribution in [0.1, 0.15) is 0 Å². The molecule has 2 aromatic heterocycles. The van der Waals surface area contributed by atoms with E-state index in [4.69, 9.17) is 22.4 Å². The second-order valence-electron chi connectivity index (χ2n) is 5.73. The minimum absolute atomic E-state index is 0.00198. The van der Waals surface area contributed by atoms with Crippen LogP contribution in [0.25, 0.3) is 33.5 Å². The zero-order valence-electron chi connectivity index (χ0n) is 12.6. The molecule has 128 valence electrons. The molecule has 0 saturated carbocycles. The van der Waals surface area contributed by atoms with Crippen LogP contribution in [0, 0.1) is 0 Å². The zero-order valence-corrected chi connectivity index (χ0v) is 13.5. The van der Waals surface area contributed by atoms with E-state index >= 15 is 0 Å². The topological polar surface area (TPSA) is 121 Å². The van der Waals surface area contributed by atoms with Crippen LogP contribution in [-0.4, -0.2) is 10.1 Å². The van der Waals surface area contributed by atoms with Crippen LogP contribution >= 0.6 is 7.82 Å². The summed E-state index contributed by atoms with van der Waals surface area (Å²) in [5.41, 5.74) is 0.0235. The molecule has 1 N–H and O–H groups in total. The van der Waals surface area contributed by atoms with Gasteiger partial charge in [-0.2, -0.15) is 4.57 Å². The van der Waals surface area contributed by atoms with Crippen LogP contribution in [0.3, 0.4) is 0 Å². The van der Waals surface area contributed by atoms with Crippen LogP contribution in [0.15, 0.2) is 44.0 Å². The van der Waals surface area contributed by atoms with Crippen molar-refractivity contribution in [2.24, 2.45) is 0 Å². The summed E-state index contributed by atoms with van der Waals surface area (Å²) in [6, 6.07) is 8.11. The van der Waals surface area contributed by atoms with Gasteiger partial charge < -0.3 is 27.5 Å². The molecule has 0 fully saturated rings. The highest BCUT2D eigenvalue weighted by Gasteiger charge is 2.50. The van der Waals surface area contributed by atoms with Gasteiger partial charge in [0.05, 0.1) is 0 Å². The third kappa shape index (κ3) is 1.58. The van der Waals surface area contributed by atoms with E-state index in [1.807, 2.05) is 0 Å². The predicted octanol–water partition coefficient (Wildman–Crippen LogP) is 3.58. The molecule has 4 aromatic rings. The van der Waals surface area contributed by atoms with E-state index in [9.17, 15) is 14.5 Å². The van der Waals surface area contributed by atoms with Crippen molar-refractivity contribution in [1.29, 1.82) is 0 Å². The molecule has 2 aliphatic rings. The first-order chi connectivity index (χ1) is 12.5. The summed E-state index contributed by atoms with van der Waals surface area (Å²) in [6.45, 7) is 0. The lowest BCUT2D eigenvalue weighted by Gasteiger charge is -2.17. The fourth-order valence-electron chi connectivity index (χ4n) is 3.09. The molecule has 1 unspecified atom stereocenters. The monoisotopic (exact) mass is 371 g/mol. The highest BCUT2D eigenvalue weighted by Crippen LogP contribution is 2.69. The normalized spacial score (nSPS) is 19.5. The van der Waals surface area contributed by atoms with Gasteiger partial charge in [-0.1, -0.05) is 12.1 Å². The van der Waals surface area contributed by atoms with Crippen LogP contribution < -0.4 is 19.2 Å². The molecule has 2 bridgehead atoms. The maximum absolute atomic E-state index is 12.6. The maximum atomic E-state index is 12.6. The van der Waals surface area contributed by atoms with Gasteiger partial charge in [-0.25, -0.2) is 9.78 Å². The molecule has 0 spiro atoms. The Morgan fingerprint density at radius 1 is 0.962 bits per heavy atom. The lowest BCUT2D eigenvalue weighted by atomic mass is 10.1. The van der Waals surface area contributed by atoms with Crippen molar-refractivity contribution < 1.29 is 32.1 Å². The zero-order chi connectivity index (χ0) is 17.6. The predicted molar refractivity (Wildman–Crippen MR) is 86.6 cm³/mol. The summed E-state index contributed by atoms with van der Waals surface area (Å²) < 4.78 is 39.2. The van der Waals surface area contributed by atoms with E-state index in [-0.39, 0.29) is 45.4 Å². The van der Waals surface area contributed by atoms with Gasteiger partial charge in [0.2, 0.25) is 11.6 Å². The lowest BCUT2D eigenvalue weighted by molar-refractivity contribution is 0.324. The van der Waals surface area contributed by atoms with Crippen molar-refractivity contribution in [2.75, 3.05) is 0 Å². The van der Waals surface area contributed by atoms with Gasteiger partial charge in [0.25, 0.3) is 0 Å². The lowest BCUT2D eigenvalue weighted by Crippen LogP contribution is -2.11. The van der Waals surface area contributed by atoms with E-state index in [0.717, 1.165) is 0 Å². The maximum Gasteiger partial charge on any atom is 0.647 e. The third-order valence-corrected chi connectivity index (χ3v) is 5.38. The van der Waals surface area contributed by atoms with Crippen molar-refractivity contribution in [2.45, 2.75) is 0 Å². The highest BCUT2D eigenvalue weighted by molar-refractivity contribution is 7.50. The number of para-hydroxylation sites is 2. The number of hydrogen-bond donors (Lipinski definition) is 1. The molecule has 10 heteroatoms. The standard InChI is InChI=1S/C16H6NO8P/c18-7-5-9-10-13(24-26(20)23-12(7)14(10)25-26)11(16(19)22-9)15-17-6-3-1-2-4-8(6)21-15/h1-5,18H. The molecule has 0 amide bonds. The molecule has 0 aliphatic carbocycles. The minimum atomic E-state index is -4.06. The Balaban J connectivity index is 1.77. The fourth-order valence-corrected chi connectivity index (χ4v) is 4.41. The number of oxazole rings is 1. The van der Waals surface area contributed by atoms with Gasteiger partial charge in [-0.3, -0.25) is 0 Å². The number of phosphoric ester groups is 1. The van der Waals surface area contributed by atoms with Crippen LogP contribution in [0.2, 0.25) is 0 Å². The van der Waals surface area contributed by atoms with Crippen LogP contribution in [0.5, 0.6) is 23.0 Å². The van der Waals surface area contributed by atoms with Gasteiger partial charge in [0, 0.05) is 6.07 Å². The van der Waals surface area contributed by atoms with Gasteiger partial charge in [-0.05, 0) is 12.1 Å². The first kappa shape index (κ1) is 13.8. The largest absolute Gasteiger partial charge is 0.647 e. The number of phenols is 1. The number of nitrogens with zero attached hydrogens (tertiary/aromatic N) is 1. The number of rotatable bonds is 1. The van der Waals surface area contributed by atoms with Crippen molar-refractivity contribution in [3.05, 3.63) is 40.8 Å². The number of phosphoric acid groups is 1. The number of aromatic nitrogens is 1. The Labute approximate surface area is 143 Å². The molecule has 2 aromatic carbocycles. The van der Waals surface area contributed by atoms with Crippen LogP contribution in [-0.2, 0) is 4.57 Å². The van der Waals surface area contributed by atoms with E-state index in [2.05, 4.69) is 4.98 Å². The Kier molecular flexibility index (Phi) is 2.23. The van der Waals surface area contributed by atoms with E-state index in [1.54, 1.807) is 24.3 Å². The quantitative estimate of drug-likeness (QED) is 0.395. The SMILES string of the molecule is O=c1oc2cc(O)c3c4c2c(c1-c1nc2ccccc2o1)OP(=O)(O3)O4. The van der Waals surface area contributed by atoms with Crippen molar-refractivity contribution >= 4 is 29.9 Å². The first-order valence-corrected chi connectivity index (χ1v) is 8.90. The van der Waals surface area contributed by atoms with Crippen molar-refractivity contribution in [1.82, 2.24) is 4.98 Å². The summed E-state index contributed by atoms with van der Waals surface area (Å²) in [4.78, 5) is 16.8. The number of hydrogen-bond acceptors (Lipinski definition) is 9. The molecule has 4 heterocycles. The van der Waals surface area contributed by atoms with Crippen molar-refractivity contribution in [3.63, 3.8) is 0 Å². The summed E-state index contributed by atoms with van der Waals surface area (Å²) in [5.74, 6) is -0.638. The average molecular weight is 371 g/mol. The third-order valence-electron chi connectivity index (χ3n) is 4.16.